The fraction of sp³-hybridized carbons (Fsp3) is 0.250. The van der Waals surface area contributed by atoms with Crippen LogP contribution in [0.3, 0.4) is 0 Å². The van der Waals surface area contributed by atoms with Gasteiger partial charge in [-0.05, 0) is 6.07 Å². The van der Waals surface area contributed by atoms with Gasteiger partial charge >= 0.3 is 5.69 Å². The van der Waals surface area contributed by atoms with E-state index in [1.54, 1.807) is 19.0 Å². The first-order valence-electron chi connectivity index (χ1n) is 4.02. The highest BCUT2D eigenvalue weighted by atomic mass is 35.5. The Balaban J connectivity index is 3.13. The van der Waals surface area contributed by atoms with Gasteiger partial charge in [-0.1, -0.05) is 11.6 Å². The predicted octanol–water partition coefficient (Wildman–Crippen LogP) is 1.86. The number of hydrogen-bond acceptors (Lipinski definition) is 4. The predicted molar refractivity (Wildman–Crippen MR) is 57.7 cm³/mol. The molecule has 0 bridgehead atoms. The van der Waals surface area contributed by atoms with Crippen LogP contribution in [0.1, 0.15) is 0 Å². The van der Waals surface area contributed by atoms with Crippen LogP contribution in [0.25, 0.3) is 0 Å². The normalized spacial score (nSPS) is 10.6. The van der Waals surface area contributed by atoms with E-state index in [4.69, 9.17) is 11.6 Å². The van der Waals surface area contributed by atoms with Crippen LogP contribution in [-0.2, 0) is 0 Å². The van der Waals surface area contributed by atoms with Crippen molar-refractivity contribution in [1.82, 2.24) is 9.88 Å². The molecule has 0 saturated heterocycles. The Hall–Kier alpha value is -1.69. The first-order chi connectivity index (χ1) is 7.00. The topological polar surface area (TPSA) is 71.6 Å². The quantitative estimate of drug-likeness (QED) is 0.260. The standard InChI is InChI=1S/C8H9ClN4O2/c1-12(2)5-10-8-6(13(14)15)3-4-7(9)11-8/h3-5H,1-2H3/b10-5+. The molecule has 80 valence electrons. The third-order valence-corrected chi connectivity index (χ3v) is 1.64. The molecule has 0 aliphatic carbocycles. The molecular formula is C8H9ClN4O2. The second-order valence-electron chi connectivity index (χ2n) is 2.94. The summed E-state index contributed by atoms with van der Waals surface area (Å²) in [5, 5.41) is 10.8. The average molecular weight is 229 g/mol. The van der Waals surface area contributed by atoms with Gasteiger partial charge in [-0.25, -0.2) is 9.98 Å². The summed E-state index contributed by atoms with van der Waals surface area (Å²) < 4.78 is 0. The van der Waals surface area contributed by atoms with Crippen LogP contribution < -0.4 is 0 Å². The minimum atomic E-state index is -0.550. The Labute approximate surface area is 91.4 Å². The molecule has 0 aliphatic heterocycles. The molecule has 0 fully saturated rings. The lowest BCUT2D eigenvalue weighted by atomic mass is 10.4. The Morgan fingerprint density at radius 2 is 2.27 bits per heavy atom. The maximum Gasteiger partial charge on any atom is 0.313 e. The molecule has 0 atom stereocenters. The van der Waals surface area contributed by atoms with E-state index in [1.165, 1.54) is 18.5 Å². The van der Waals surface area contributed by atoms with Gasteiger partial charge < -0.3 is 4.90 Å². The van der Waals surface area contributed by atoms with Crippen LogP contribution in [0.2, 0.25) is 5.15 Å². The van der Waals surface area contributed by atoms with Gasteiger partial charge in [-0.15, -0.1) is 0 Å². The average Bonchev–Trinajstić information content (AvgIpc) is 2.14. The summed E-state index contributed by atoms with van der Waals surface area (Å²) in [5.74, 6) is 0.00111. The molecule has 0 aromatic carbocycles. The van der Waals surface area contributed by atoms with E-state index in [2.05, 4.69) is 9.98 Å². The first-order valence-corrected chi connectivity index (χ1v) is 4.40. The molecule has 1 rings (SSSR count). The summed E-state index contributed by atoms with van der Waals surface area (Å²) >= 11 is 5.62. The first kappa shape index (κ1) is 11.4. The highest BCUT2D eigenvalue weighted by molar-refractivity contribution is 6.29. The molecule has 6 nitrogen and oxygen atoms in total. The van der Waals surface area contributed by atoms with E-state index in [1.807, 2.05) is 0 Å². The zero-order valence-electron chi connectivity index (χ0n) is 8.22. The van der Waals surface area contributed by atoms with Crippen LogP contribution >= 0.6 is 11.6 Å². The van der Waals surface area contributed by atoms with E-state index in [0.29, 0.717) is 0 Å². The fourth-order valence-electron chi connectivity index (χ4n) is 0.826. The molecule has 1 aromatic heterocycles. The highest BCUT2D eigenvalue weighted by Crippen LogP contribution is 2.26. The molecule has 0 radical (unpaired) electrons. The molecule has 1 aromatic rings. The zero-order chi connectivity index (χ0) is 11.4. The molecule has 0 N–H and O–H groups in total. The number of halogens is 1. The van der Waals surface area contributed by atoms with Crippen LogP contribution in [0.4, 0.5) is 11.5 Å². The number of hydrogen-bond donors (Lipinski definition) is 0. The lowest BCUT2D eigenvalue weighted by Crippen LogP contribution is -2.07. The Morgan fingerprint density at radius 3 is 2.80 bits per heavy atom. The van der Waals surface area contributed by atoms with Gasteiger partial charge in [0.25, 0.3) is 0 Å². The minimum absolute atomic E-state index is 0.00111. The van der Waals surface area contributed by atoms with Crippen molar-refractivity contribution in [2.24, 2.45) is 4.99 Å². The zero-order valence-corrected chi connectivity index (χ0v) is 8.97. The number of nitrogens with zero attached hydrogens (tertiary/aromatic N) is 4. The molecule has 0 saturated carbocycles. The third kappa shape index (κ3) is 3.17. The van der Waals surface area contributed by atoms with Crippen molar-refractivity contribution in [3.63, 3.8) is 0 Å². The minimum Gasteiger partial charge on any atom is -0.369 e. The summed E-state index contributed by atoms with van der Waals surface area (Å²) in [7, 11) is 3.50. The highest BCUT2D eigenvalue weighted by Gasteiger charge is 2.14. The van der Waals surface area contributed by atoms with Gasteiger partial charge in [0.05, 0.1) is 11.3 Å². The maximum atomic E-state index is 10.6. The molecule has 0 amide bonds. The Morgan fingerprint density at radius 1 is 1.60 bits per heavy atom. The van der Waals surface area contributed by atoms with Crippen molar-refractivity contribution in [3.8, 4) is 0 Å². The summed E-state index contributed by atoms with van der Waals surface area (Å²) in [4.78, 5) is 19.3. The molecule has 0 spiro atoms. The van der Waals surface area contributed by atoms with Crippen molar-refractivity contribution in [2.75, 3.05) is 14.1 Å². The van der Waals surface area contributed by atoms with E-state index in [9.17, 15) is 10.1 Å². The van der Waals surface area contributed by atoms with Crippen LogP contribution in [0, 0.1) is 10.1 Å². The number of aliphatic imine (C=N–C) groups is 1. The molecule has 0 unspecified atom stereocenters. The Kier molecular flexibility index (Phi) is 3.56. The van der Waals surface area contributed by atoms with Gasteiger partial charge in [0.1, 0.15) is 5.15 Å². The SMILES string of the molecule is CN(C)/C=N/c1nc(Cl)ccc1[N+](=O)[O-]. The third-order valence-electron chi connectivity index (χ3n) is 1.43. The largest absolute Gasteiger partial charge is 0.369 e. The lowest BCUT2D eigenvalue weighted by Gasteiger charge is -2.02. The van der Waals surface area contributed by atoms with Gasteiger partial charge in [0.2, 0.25) is 5.82 Å². The van der Waals surface area contributed by atoms with Crippen molar-refractivity contribution in [2.45, 2.75) is 0 Å². The van der Waals surface area contributed by atoms with E-state index >= 15 is 0 Å². The van der Waals surface area contributed by atoms with Crippen LogP contribution in [-0.4, -0.2) is 35.2 Å². The van der Waals surface area contributed by atoms with Gasteiger partial charge in [0.15, 0.2) is 0 Å². The van der Waals surface area contributed by atoms with Gasteiger partial charge in [0, 0.05) is 20.2 Å². The maximum absolute atomic E-state index is 10.6. The number of rotatable bonds is 3. The number of nitro groups is 1. The molecule has 15 heavy (non-hydrogen) atoms. The van der Waals surface area contributed by atoms with E-state index < -0.39 is 4.92 Å². The van der Waals surface area contributed by atoms with Crippen molar-refractivity contribution in [1.29, 1.82) is 0 Å². The summed E-state index contributed by atoms with van der Waals surface area (Å²) in [6.07, 6.45) is 1.42. The second-order valence-corrected chi connectivity index (χ2v) is 3.33. The summed E-state index contributed by atoms with van der Waals surface area (Å²) in [6.45, 7) is 0. The van der Waals surface area contributed by atoms with Crippen LogP contribution in [0.15, 0.2) is 17.1 Å². The number of pyridine rings is 1. The number of aromatic nitrogens is 1. The molecule has 0 aliphatic rings. The summed E-state index contributed by atoms with van der Waals surface area (Å²) in [5.41, 5.74) is -0.169. The molecule has 1 heterocycles. The van der Waals surface area contributed by atoms with E-state index in [-0.39, 0.29) is 16.7 Å². The smallest absolute Gasteiger partial charge is 0.313 e. The Bertz CT molecular complexity index is 406. The van der Waals surface area contributed by atoms with Gasteiger partial charge in [-0.2, -0.15) is 0 Å². The lowest BCUT2D eigenvalue weighted by molar-refractivity contribution is -0.384. The molecule has 7 heteroatoms. The van der Waals surface area contributed by atoms with Crippen molar-refractivity contribution < 1.29 is 4.92 Å². The molecular weight excluding hydrogens is 220 g/mol. The van der Waals surface area contributed by atoms with E-state index in [0.717, 1.165) is 0 Å². The van der Waals surface area contributed by atoms with Gasteiger partial charge in [-0.3, -0.25) is 10.1 Å². The van der Waals surface area contributed by atoms with Crippen molar-refractivity contribution in [3.05, 3.63) is 27.4 Å². The summed E-state index contributed by atoms with van der Waals surface area (Å²) in [6, 6.07) is 2.63. The monoisotopic (exact) mass is 228 g/mol. The fourth-order valence-corrected chi connectivity index (χ4v) is 0.969. The van der Waals surface area contributed by atoms with Crippen LogP contribution in [0.5, 0.6) is 0 Å². The van der Waals surface area contributed by atoms with Crippen molar-refractivity contribution >= 4 is 29.4 Å². The second kappa shape index (κ2) is 4.70.